The van der Waals surface area contributed by atoms with Crippen LogP contribution in [0.3, 0.4) is 0 Å². The largest absolute Gasteiger partial charge is 0.350 e. The van der Waals surface area contributed by atoms with Crippen LogP contribution in [-0.4, -0.2) is 16.0 Å². The van der Waals surface area contributed by atoms with E-state index in [1.165, 1.54) is 0 Å². The van der Waals surface area contributed by atoms with Crippen LogP contribution in [-0.2, 0) is 11.3 Å². The molecule has 3 N–H and O–H groups in total. The van der Waals surface area contributed by atoms with E-state index < -0.39 is 0 Å². The summed E-state index contributed by atoms with van der Waals surface area (Å²) >= 11 is 0. The van der Waals surface area contributed by atoms with E-state index in [-0.39, 0.29) is 17.5 Å². The first-order valence-electron chi connectivity index (χ1n) is 6.60. The van der Waals surface area contributed by atoms with E-state index in [1.807, 2.05) is 36.9 Å². The Labute approximate surface area is 110 Å². The molecule has 0 aromatic carbocycles. The summed E-state index contributed by atoms with van der Waals surface area (Å²) in [5.41, 5.74) is 6.89. The Morgan fingerprint density at radius 1 is 1.50 bits per heavy atom. The molecule has 4 heteroatoms. The Morgan fingerprint density at radius 2 is 2.17 bits per heavy atom. The van der Waals surface area contributed by atoms with E-state index in [9.17, 15) is 4.79 Å². The fraction of sp³-hybridized carbons (Fsp3) is 0.643. The van der Waals surface area contributed by atoms with E-state index in [0.29, 0.717) is 6.54 Å². The topological polar surface area (TPSA) is 60.0 Å². The lowest BCUT2D eigenvalue weighted by atomic mass is 10.0. The van der Waals surface area contributed by atoms with Crippen molar-refractivity contribution in [2.45, 2.75) is 58.7 Å². The fourth-order valence-electron chi connectivity index (χ4n) is 1.68. The maximum Gasteiger partial charge on any atom is 0.240 e. The van der Waals surface area contributed by atoms with Gasteiger partial charge in [0.05, 0.1) is 0 Å². The molecule has 0 fully saturated rings. The van der Waals surface area contributed by atoms with Gasteiger partial charge < -0.3 is 15.6 Å². The number of hydrogen-bond donors (Lipinski definition) is 2. The van der Waals surface area contributed by atoms with Crippen LogP contribution >= 0.6 is 0 Å². The summed E-state index contributed by atoms with van der Waals surface area (Å²) < 4.78 is 1.88. The summed E-state index contributed by atoms with van der Waals surface area (Å²) in [7, 11) is 0. The number of carbonyl (C=O) groups is 1. The third-order valence-electron chi connectivity index (χ3n) is 3.33. The van der Waals surface area contributed by atoms with Crippen LogP contribution in [0.1, 0.15) is 52.1 Å². The normalized spacial score (nSPS) is 13.4. The fourth-order valence-corrected chi connectivity index (χ4v) is 1.68. The third-order valence-corrected chi connectivity index (χ3v) is 3.33. The minimum Gasteiger partial charge on any atom is -0.350 e. The zero-order chi connectivity index (χ0) is 13.8. The molecule has 1 aromatic heterocycles. The van der Waals surface area contributed by atoms with Gasteiger partial charge in [-0.2, -0.15) is 0 Å². The molecule has 0 radical (unpaired) electrons. The lowest BCUT2D eigenvalue weighted by Gasteiger charge is -2.24. The number of nitrogens with two attached hydrogens (primary N) is 1. The van der Waals surface area contributed by atoms with Gasteiger partial charge in [-0.1, -0.05) is 13.8 Å². The first kappa shape index (κ1) is 14.8. The van der Waals surface area contributed by atoms with Crippen molar-refractivity contribution in [3.63, 3.8) is 0 Å². The molecule has 102 valence electrons. The van der Waals surface area contributed by atoms with Gasteiger partial charge in [0.15, 0.2) is 0 Å². The quantitative estimate of drug-likeness (QED) is 0.814. The number of nitrogens with one attached hydrogen (secondary N) is 1. The summed E-state index contributed by atoms with van der Waals surface area (Å²) in [6.07, 6.45) is 5.67. The molecule has 1 aromatic rings. The SMILES string of the molecule is CCC(N)c1ccn(CC(=O)NC(C)(C)CC)c1. The Kier molecular flexibility index (Phi) is 4.96. The average Bonchev–Trinajstić information content (AvgIpc) is 2.75. The minimum absolute atomic E-state index is 0.0362. The highest BCUT2D eigenvalue weighted by Crippen LogP contribution is 2.14. The molecule has 0 saturated carbocycles. The van der Waals surface area contributed by atoms with Gasteiger partial charge in [0, 0.05) is 24.0 Å². The number of carbonyl (C=O) groups excluding carboxylic acids is 1. The Bertz CT molecular complexity index is 395. The number of rotatable bonds is 6. The first-order valence-corrected chi connectivity index (χ1v) is 6.60. The Morgan fingerprint density at radius 3 is 2.72 bits per heavy atom. The van der Waals surface area contributed by atoms with Crippen molar-refractivity contribution in [1.29, 1.82) is 0 Å². The molecule has 1 atom stereocenters. The summed E-state index contributed by atoms with van der Waals surface area (Å²) in [6.45, 7) is 8.52. The van der Waals surface area contributed by atoms with Gasteiger partial charge in [-0.15, -0.1) is 0 Å². The molecule has 0 aliphatic rings. The van der Waals surface area contributed by atoms with Gasteiger partial charge in [-0.3, -0.25) is 4.79 Å². The average molecular weight is 251 g/mol. The van der Waals surface area contributed by atoms with Gasteiger partial charge in [0.25, 0.3) is 0 Å². The number of amides is 1. The molecular weight excluding hydrogens is 226 g/mol. The van der Waals surface area contributed by atoms with Gasteiger partial charge in [0.2, 0.25) is 5.91 Å². The van der Waals surface area contributed by atoms with Crippen molar-refractivity contribution < 1.29 is 4.79 Å². The summed E-state index contributed by atoms with van der Waals surface area (Å²) in [6, 6.07) is 2.04. The molecule has 0 aliphatic heterocycles. The maximum absolute atomic E-state index is 11.9. The van der Waals surface area contributed by atoms with Gasteiger partial charge in [0.1, 0.15) is 6.54 Å². The van der Waals surface area contributed by atoms with Gasteiger partial charge >= 0.3 is 0 Å². The maximum atomic E-state index is 11.9. The van der Waals surface area contributed by atoms with Crippen molar-refractivity contribution in [3.05, 3.63) is 24.0 Å². The summed E-state index contributed by atoms with van der Waals surface area (Å²) in [5.74, 6) is 0.0362. The Hall–Kier alpha value is -1.29. The van der Waals surface area contributed by atoms with Crippen molar-refractivity contribution in [3.8, 4) is 0 Å². The van der Waals surface area contributed by atoms with E-state index in [2.05, 4.69) is 19.2 Å². The van der Waals surface area contributed by atoms with Crippen LogP contribution in [0.4, 0.5) is 0 Å². The van der Waals surface area contributed by atoms with Crippen LogP contribution < -0.4 is 11.1 Å². The molecule has 0 spiro atoms. The van der Waals surface area contributed by atoms with E-state index in [1.54, 1.807) is 0 Å². The van der Waals surface area contributed by atoms with E-state index in [0.717, 1.165) is 18.4 Å². The number of aromatic nitrogens is 1. The second kappa shape index (κ2) is 6.05. The summed E-state index contributed by atoms with van der Waals surface area (Å²) in [5, 5.41) is 3.02. The molecule has 4 nitrogen and oxygen atoms in total. The standard InChI is InChI=1S/C14H25N3O/c1-5-12(15)11-7-8-17(9-11)10-13(18)16-14(3,4)6-2/h7-9,12H,5-6,10,15H2,1-4H3,(H,16,18). The van der Waals surface area contributed by atoms with E-state index in [4.69, 9.17) is 5.73 Å². The molecule has 0 aliphatic carbocycles. The smallest absolute Gasteiger partial charge is 0.240 e. The second-order valence-corrected chi connectivity index (χ2v) is 5.42. The monoisotopic (exact) mass is 251 g/mol. The minimum atomic E-state index is -0.146. The van der Waals surface area contributed by atoms with Crippen molar-refractivity contribution in [1.82, 2.24) is 9.88 Å². The predicted molar refractivity (Wildman–Crippen MR) is 74.2 cm³/mol. The molecule has 0 bridgehead atoms. The van der Waals surface area contributed by atoms with Crippen LogP contribution in [0.15, 0.2) is 18.5 Å². The van der Waals surface area contributed by atoms with Gasteiger partial charge in [-0.25, -0.2) is 0 Å². The third kappa shape index (κ3) is 4.18. The first-order chi connectivity index (χ1) is 8.38. The summed E-state index contributed by atoms with van der Waals surface area (Å²) in [4.78, 5) is 11.9. The lowest BCUT2D eigenvalue weighted by molar-refractivity contribution is -0.123. The van der Waals surface area contributed by atoms with Crippen LogP contribution in [0.25, 0.3) is 0 Å². The van der Waals surface area contributed by atoms with Crippen molar-refractivity contribution in [2.75, 3.05) is 0 Å². The predicted octanol–water partition coefficient (Wildman–Crippen LogP) is 2.20. The van der Waals surface area contributed by atoms with Crippen LogP contribution in [0.2, 0.25) is 0 Å². The van der Waals surface area contributed by atoms with Crippen LogP contribution in [0.5, 0.6) is 0 Å². The molecule has 0 saturated heterocycles. The van der Waals surface area contributed by atoms with Crippen LogP contribution in [0, 0.1) is 0 Å². The zero-order valence-corrected chi connectivity index (χ0v) is 11.9. The molecule has 1 unspecified atom stereocenters. The number of hydrogen-bond acceptors (Lipinski definition) is 2. The van der Waals surface area contributed by atoms with Crippen molar-refractivity contribution in [2.24, 2.45) is 5.73 Å². The highest BCUT2D eigenvalue weighted by Gasteiger charge is 2.17. The lowest BCUT2D eigenvalue weighted by Crippen LogP contribution is -2.44. The van der Waals surface area contributed by atoms with Crippen molar-refractivity contribution >= 4 is 5.91 Å². The molecule has 18 heavy (non-hydrogen) atoms. The highest BCUT2D eigenvalue weighted by atomic mass is 16.2. The Balaban J connectivity index is 2.57. The van der Waals surface area contributed by atoms with E-state index >= 15 is 0 Å². The number of nitrogens with zero attached hydrogens (tertiary/aromatic N) is 1. The van der Waals surface area contributed by atoms with Gasteiger partial charge in [-0.05, 0) is 38.3 Å². The molecule has 1 heterocycles. The zero-order valence-electron chi connectivity index (χ0n) is 11.9. The molecular formula is C14H25N3O. The molecule has 1 rings (SSSR count). The second-order valence-electron chi connectivity index (χ2n) is 5.42. The molecule has 1 amide bonds. The highest BCUT2D eigenvalue weighted by molar-refractivity contribution is 5.76.